The fourth-order valence-corrected chi connectivity index (χ4v) is 9.12. The number of hydrogen-bond acceptors (Lipinski definition) is 2. The fraction of sp³-hybridized carbons (Fsp3) is 0.828. The van der Waals surface area contributed by atoms with Gasteiger partial charge in [0, 0.05) is 6.42 Å². The number of hydrogen-bond donors (Lipinski definition) is 1. The topological polar surface area (TPSA) is 37.3 Å². The van der Waals surface area contributed by atoms with Crippen molar-refractivity contribution in [3.63, 3.8) is 0 Å². The zero-order valence-electron chi connectivity index (χ0n) is 21.2. The molecule has 2 nitrogen and oxygen atoms in total. The molecule has 0 amide bonds. The fourth-order valence-electron chi connectivity index (χ4n) is 9.12. The molecule has 0 aromatic rings. The number of ketones is 1. The first-order valence-corrected chi connectivity index (χ1v) is 13.0. The van der Waals surface area contributed by atoms with Crippen LogP contribution in [0.1, 0.15) is 106 Å². The highest BCUT2D eigenvalue weighted by atomic mass is 16.3. The van der Waals surface area contributed by atoms with E-state index in [4.69, 9.17) is 0 Å². The summed E-state index contributed by atoms with van der Waals surface area (Å²) in [5, 5.41) is 10.8. The molecule has 174 valence electrons. The number of aliphatic hydroxyl groups is 1. The molecule has 0 heterocycles. The second-order valence-corrected chi connectivity index (χ2v) is 13.0. The Kier molecular flexibility index (Phi) is 5.90. The Morgan fingerprint density at radius 1 is 1.06 bits per heavy atom. The van der Waals surface area contributed by atoms with Crippen LogP contribution in [0, 0.1) is 39.9 Å². The minimum atomic E-state index is -0.149. The number of allylic oxidation sites excluding steroid dienone is 4. The summed E-state index contributed by atoms with van der Waals surface area (Å²) in [6.45, 7) is 16.1. The van der Waals surface area contributed by atoms with Gasteiger partial charge in [0.15, 0.2) is 5.78 Å². The first-order valence-electron chi connectivity index (χ1n) is 13.0. The predicted molar refractivity (Wildman–Crippen MR) is 129 cm³/mol. The van der Waals surface area contributed by atoms with Gasteiger partial charge in [0.25, 0.3) is 0 Å². The van der Waals surface area contributed by atoms with Crippen LogP contribution in [0.5, 0.6) is 0 Å². The smallest absolute Gasteiger partial charge is 0.155 e. The molecule has 2 heteroatoms. The average Bonchev–Trinajstić information content (AvgIpc) is 3.02. The van der Waals surface area contributed by atoms with E-state index in [2.05, 4.69) is 34.6 Å². The molecule has 7 atom stereocenters. The van der Waals surface area contributed by atoms with Gasteiger partial charge >= 0.3 is 0 Å². The Labute approximate surface area is 191 Å². The molecular weight excluding hydrogens is 380 g/mol. The van der Waals surface area contributed by atoms with Crippen LogP contribution in [0.25, 0.3) is 0 Å². The van der Waals surface area contributed by atoms with Crippen molar-refractivity contribution in [2.75, 3.05) is 0 Å². The summed E-state index contributed by atoms with van der Waals surface area (Å²) in [6.07, 6.45) is 12.1. The highest BCUT2D eigenvalue weighted by Crippen LogP contribution is 2.68. The van der Waals surface area contributed by atoms with Gasteiger partial charge in [-0.15, -0.1) is 0 Å². The second-order valence-electron chi connectivity index (χ2n) is 13.0. The molecule has 0 aromatic carbocycles. The van der Waals surface area contributed by atoms with Crippen molar-refractivity contribution in [2.45, 2.75) is 112 Å². The zero-order chi connectivity index (χ0) is 22.8. The third kappa shape index (κ3) is 3.60. The Bertz CT molecular complexity index is 798. The molecule has 0 unspecified atom stereocenters. The van der Waals surface area contributed by atoms with Crippen LogP contribution in [-0.4, -0.2) is 17.0 Å². The van der Waals surface area contributed by atoms with Crippen molar-refractivity contribution in [1.29, 1.82) is 0 Å². The van der Waals surface area contributed by atoms with E-state index in [-0.39, 0.29) is 11.5 Å². The first-order chi connectivity index (χ1) is 14.4. The molecular formula is C29H46O2. The molecule has 0 spiro atoms. The highest BCUT2D eigenvalue weighted by molar-refractivity contribution is 5.90. The van der Waals surface area contributed by atoms with Gasteiger partial charge < -0.3 is 5.11 Å². The zero-order valence-corrected chi connectivity index (χ0v) is 21.2. The maximum atomic E-state index is 12.5. The van der Waals surface area contributed by atoms with Gasteiger partial charge in [0.05, 0.1) is 6.10 Å². The number of carbonyl (C=O) groups excluding carboxylic acids is 1. The lowest BCUT2D eigenvalue weighted by molar-refractivity contribution is -0.128. The minimum Gasteiger partial charge on any atom is -0.393 e. The quantitative estimate of drug-likeness (QED) is 0.379. The Hall–Kier alpha value is -0.890. The molecule has 0 radical (unpaired) electrons. The van der Waals surface area contributed by atoms with E-state index in [9.17, 15) is 9.90 Å². The van der Waals surface area contributed by atoms with Gasteiger partial charge in [-0.05, 0) is 111 Å². The van der Waals surface area contributed by atoms with Crippen molar-refractivity contribution in [3.05, 3.63) is 22.8 Å². The van der Waals surface area contributed by atoms with Crippen molar-refractivity contribution >= 4 is 5.78 Å². The maximum Gasteiger partial charge on any atom is 0.155 e. The summed E-state index contributed by atoms with van der Waals surface area (Å²) >= 11 is 0. The third-order valence-electron chi connectivity index (χ3n) is 10.6. The van der Waals surface area contributed by atoms with Gasteiger partial charge in [-0.1, -0.05) is 51.3 Å². The molecule has 31 heavy (non-hydrogen) atoms. The first kappa shape index (κ1) is 23.3. The number of aliphatic hydroxyl groups excluding tert-OH is 1. The Morgan fingerprint density at radius 3 is 2.45 bits per heavy atom. The van der Waals surface area contributed by atoms with Crippen molar-refractivity contribution in [2.24, 2.45) is 39.9 Å². The molecule has 0 saturated heterocycles. The lowest BCUT2D eigenvalue weighted by Crippen LogP contribution is -2.56. The predicted octanol–water partition coefficient (Wildman–Crippen LogP) is 7.27. The van der Waals surface area contributed by atoms with E-state index < -0.39 is 0 Å². The largest absolute Gasteiger partial charge is 0.393 e. The SMILES string of the molecule is CC(C)=CC(=O)C[C@@H](C)[C@H]1CCC2=C3CC[C@H]4C(C)(C)[C@@H](O)CC[C@]4(C)[C@H]3CC[C@@]21C. The molecule has 4 aliphatic carbocycles. The van der Waals surface area contributed by atoms with E-state index in [0.29, 0.717) is 46.7 Å². The van der Waals surface area contributed by atoms with Gasteiger partial charge in [-0.3, -0.25) is 4.79 Å². The lowest BCUT2D eigenvalue weighted by Gasteiger charge is -2.61. The van der Waals surface area contributed by atoms with E-state index in [1.807, 2.05) is 25.5 Å². The molecule has 0 aliphatic heterocycles. The summed E-state index contributed by atoms with van der Waals surface area (Å²) in [7, 11) is 0. The molecule has 4 rings (SSSR count). The molecule has 3 fully saturated rings. The van der Waals surface area contributed by atoms with E-state index in [0.717, 1.165) is 12.0 Å². The molecule has 0 aromatic heterocycles. The number of rotatable bonds is 4. The summed E-state index contributed by atoms with van der Waals surface area (Å²) in [4.78, 5) is 12.5. The Morgan fingerprint density at radius 2 is 1.77 bits per heavy atom. The van der Waals surface area contributed by atoms with Gasteiger partial charge in [-0.25, -0.2) is 0 Å². The average molecular weight is 427 g/mol. The second kappa shape index (κ2) is 7.86. The molecule has 1 N–H and O–H groups in total. The van der Waals surface area contributed by atoms with Crippen LogP contribution < -0.4 is 0 Å². The summed E-state index contributed by atoms with van der Waals surface area (Å²) in [5.41, 5.74) is 5.38. The number of fused-ring (bicyclic) bond motifs is 4. The summed E-state index contributed by atoms with van der Waals surface area (Å²) < 4.78 is 0. The van der Waals surface area contributed by atoms with Crippen molar-refractivity contribution < 1.29 is 9.90 Å². The Balaban J connectivity index is 1.61. The standard InChI is InChI=1S/C29H46O2/c1-18(2)16-20(30)17-19(3)22-9-10-23-21-8-11-25-27(4,5)26(31)13-15-29(25,7)24(21)12-14-28(22,23)6/h16,19,22,24-26,31H,8-15,17H2,1-7H3/t19-,22-,24+,25+,26+,28-,29-/m1/s1. The van der Waals surface area contributed by atoms with Crippen LogP contribution in [0.2, 0.25) is 0 Å². The monoisotopic (exact) mass is 426 g/mol. The van der Waals surface area contributed by atoms with E-state index >= 15 is 0 Å². The van der Waals surface area contributed by atoms with Crippen LogP contribution in [0.3, 0.4) is 0 Å². The van der Waals surface area contributed by atoms with Gasteiger partial charge in [0.1, 0.15) is 0 Å². The van der Waals surface area contributed by atoms with E-state index in [1.165, 1.54) is 44.9 Å². The normalized spacial score (nSPS) is 42.3. The number of carbonyl (C=O) groups is 1. The highest BCUT2D eigenvalue weighted by Gasteiger charge is 2.59. The van der Waals surface area contributed by atoms with Gasteiger partial charge in [0.2, 0.25) is 0 Å². The van der Waals surface area contributed by atoms with E-state index in [1.54, 1.807) is 5.57 Å². The van der Waals surface area contributed by atoms with Crippen LogP contribution in [0.15, 0.2) is 22.8 Å². The summed E-state index contributed by atoms with van der Waals surface area (Å²) in [5.74, 6) is 2.74. The summed E-state index contributed by atoms with van der Waals surface area (Å²) in [6, 6.07) is 0. The van der Waals surface area contributed by atoms with Crippen molar-refractivity contribution in [1.82, 2.24) is 0 Å². The van der Waals surface area contributed by atoms with Gasteiger partial charge in [-0.2, -0.15) is 0 Å². The van der Waals surface area contributed by atoms with Crippen LogP contribution in [-0.2, 0) is 4.79 Å². The van der Waals surface area contributed by atoms with Crippen molar-refractivity contribution in [3.8, 4) is 0 Å². The molecule has 3 saturated carbocycles. The lowest BCUT2D eigenvalue weighted by atomic mass is 9.44. The molecule has 4 aliphatic rings. The van der Waals surface area contributed by atoms with Crippen LogP contribution >= 0.6 is 0 Å². The van der Waals surface area contributed by atoms with Crippen LogP contribution in [0.4, 0.5) is 0 Å². The third-order valence-corrected chi connectivity index (χ3v) is 10.6. The molecule has 0 bridgehead atoms. The maximum absolute atomic E-state index is 12.5. The minimum absolute atomic E-state index is 0.0297.